The number of nitrogens with zero attached hydrogens (tertiary/aromatic N) is 2. The maximum Gasteiger partial charge on any atom is 0.333 e. The van der Waals surface area contributed by atoms with Crippen molar-refractivity contribution in [3.63, 3.8) is 0 Å². The molecule has 1 aromatic carbocycles. The molecule has 4 aliphatic heterocycles. The van der Waals surface area contributed by atoms with E-state index in [2.05, 4.69) is 5.32 Å². The first-order valence-electron chi connectivity index (χ1n) is 12.6. The number of thioether (sulfide) groups is 1. The predicted octanol–water partition coefficient (Wildman–Crippen LogP) is -0.589. The minimum atomic E-state index is -3.80. The number of esters is 2. The fraction of sp³-hybridized carbons (Fsp3) is 0.560. The molecule has 216 valence electrons. The van der Waals surface area contributed by atoms with Crippen LogP contribution in [0.1, 0.15) is 45.7 Å². The molecule has 4 aliphatic rings. The normalized spacial score (nSPS) is 31.3. The van der Waals surface area contributed by atoms with Gasteiger partial charge in [0, 0.05) is 4.75 Å². The van der Waals surface area contributed by atoms with Crippen LogP contribution >= 0.6 is 11.8 Å². The second-order valence-corrected chi connectivity index (χ2v) is 15.6. The molecule has 4 saturated heterocycles. The van der Waals surface area contributed by atoms with Crippen LogP contribution < -0.4 is 11.1 Å². The quantitative estimate of drug-likeness (QED) is 0.234. The molecule has 0 bridgehead atoms. The smallest absolute Gasteiger partial charge is 0.333 e. The lowest BCUT2D eigenvalue weighted by molar-refractivity contribution is -0.181. The topological polar surface area (TPSA) is 182 Å². The summed E-state index contributed by atoms with van der Waals surface area (Å²) in [5.74, 6) is -3.32. The van der Waals surface area contributed by atoms with Gasteiger partial charge in [-0.2, -0.15) is 0 Å². The van der Waals surface area contributed by atoms with Crippen LogP contribution in [0.3, 0.4) is 0 Å². The Morgan fingerprint density at radius 2 is 1.65 bits per heavy atom. The van der Waals surface area contributed by atoms with Crippen molar-refractivity contribution in [2.75, 3.05) is 6.79 Å². The van der Waals surface area contributed by atoms with Crippen molar-refractivity contribution in [1.29, 1.82) is 0 Å². The van der Waals surface area contributed by atoms with Crippen LogP contribution in [0, 0.1) is 0 Å². The first kappa shape index (κ1) is 28.4. The van der Waals surface area contributed by atoms with E-state index in [1.165, 1.54) is 30.5 Å². The molecule has 4 fully saturated rings. The standard InChI is InChI=1S/C25H30N4O9S2/c1-24(2)17(29-20(32)16(21(29)39-24)27-19(31)15(26)12-8-6-5-7-9-12)22(33)37-11-38-23(34)18-25(3,4)40(35,36)14-10-13(30)28(14)18/h5-9,14-18,21H,10-11,26H2,1-4H3,(H,27,31)/t14?,15-,16+,17-,18-,21+/m1/s1. The Morgan fingerprint density at radius 3 is 2.25 bits per heavy atom. The highest BCUT2D eigenvalue weighted by molar-refractivity contribution is 8.01. The molecular weight excluding hydrogens is 564 g/mol. The van der Waals surface area contributed by atoms with Gasteiger partial charge in [0.25, 0.3) is 0 Å². The molecule has 0 aliphatic carbocycles. The highest BCUT2D eigenvalue weighted by Gasteiger charge is 2.68. The zero-order chi connectivity index (χ0) is 29.4. The summed E-state index contributed by atoms with van der Waals surface area (Å²) in [6.45, 7) is 5.37. The summed E-state index contributed by atoms with van der Waals surface area (Å²) in [4.78, 5) is 65.9. The highest BCUT2D eigenvalue weighted by atomic mass is 32.2. The van der Waals surface area contributed by atoms with Gasteiger partial charge >= 0.3 is 11.9 Å². The fourth-order valence-electron chi connectivity index (χ4n) is 5.69. The van der Waals surface area contributed by atoms with Gasteiger partial charge in [-0.25, -0.2) is 18.0 Å². The van der Waals surface area contributed by atoms with E-state index in [0.29, 0.717) is 5.56 Å². The van der Waals surface area contributed by atoms with E-state index < -0.39 is 90.7 Å². The monoisotopic (exact) mass is 594 g/mol. The lowest BCUT2D eigenvalue weighted by Crippen LogP contribution is -2.71. The minimum Gasteiger partial charge on any atom is -0.426 e. The van der Waals surface area contributed by atoms with E-state index in [9.17, 15) is 32.4 Å². The van der Waals surface area contributed by atoms with Crippen LogP contribution in [0.4, 0.5) is 0 Å². The minimum absolute atomic E-state index is 0.191. The number of carbonyl (C=O) groups is 5. The third-order valence-corrected chi connectivity index (χ3v) is 12.4. The van der Waals surface area contributed by atoms with Crippen LogP contribution in [-0.4, -0.2) is 93.0 Å². The maximum absolute atomic E-state index is 13.0. The Hall–Kier alpha value is -3.17. The largest absolute Gasteiger partial charge is 0.426 e. The molecule has 40 heavy (non-hydrogen) atoms. The van der Waals surface area contributed by atoms with Gasteiger partial charge in [-0.3, -0.25) is 14.4 Å². The summed E-state index contributed by atoms with van der Waals surface area (Å²) < 4.78 is 33.3. The molecule has 4 heterocycles. The number of sulfone groups is 1. The molecule has 1 unspecified atom stereocenters. The van der Waals surface area contributed by atoms with E-state index in [4.69, 9.17) is 15.2 Å². The van der Waals surface area contributed by atoms with Crippen LogP contribution in [0.15, 0.2) is 30.3 Å². The van der Waals surface area contributed by atoms with Crippen molar-refractivity contribution in [1.82, 2.24) is 15.1 Å². The molecule has 15 heteroatoms. The van der Waals surface area contributed by atoms with E-state index in [0.717, 1.165) is 4.90 Å². The number of β-lactam (4-membered cyclic amide) rings is 2. The summed E-state index contributed by atoms with van der Waals surface area (Å²) in [6.07, 6.45) is -0.191. The molecule has 3 amide bonds. The zero-order valence-electron chi connectivity index (χ0n) is 22.2. The lowest BCUT2D eigenvalue weighted by Gasteiger charge is -2.44. The number of hydrogen-bond donors (Lipinski definition) is 2. The molecule has 6 atom stereocenters. The third kappa shape index (κ3) is 4.08. The second kappa shape index (κ2) is 9.45. The predicted molar refractivity (Wildman–Crippen MR) is 140 cm³/mol. The van der Waals surface area contributed by atoms with E-state index >= 15 is 0 Å². The van der Waals surface area contributed by atoms with Crippen LogP contribution in [-0.2, 0) is 43.3 Å². The van der Waals surface area contributed by atoms with Crippen molar-refractivity contribution in [3.8, 4) is 0 Å². The number of benzene rings is 1. The average Bonchev–Trinajstić information content (AvgIpc) is 3.22. The molecule has 0 spiro atoms. The number of nitrogens with one attached hydrogen (secondary N) is 1. The maximum atomic E-state index is 13.0. The van der Waals surface area contributed by atoms with Gasteiger partial charge in [0.15, 0.2) is 9.84 Å². The van der Waals surface area contributed by atoms with Gasteiger partial charge in [0.05, 0.1) is 11.2 Å². The van der Waals surface area contributed by atoms with E-state index in [1.54, 1.807) is 44.2 Å². The number of amides is 3. The number of rotatable bonds is 7. The zero-order valence-corrected chi connectivity index (χ0v) is 23.9. The Balaban J connectivity index is 1.19. The Labute approximate surface area is 235 Å². The fourth-order valence-corrected chi connectivity index (χ4v) is 9.44. The number of nitrogens with two attached hydrogens (primary N) is 1. The molecule has 0 saturated carbocycles. The van der Waals surface area contributed by atoms with Crippen molar-refractivity contribution in [2.24, 2.45) is 5.73 Å². The van der Waals surface area contributed by atoms with Crippen molar-refractivity contribution in [3.05, 3.63) is 35.9 Å². The Morgan fingerprint density at radius 1 is 1.05 bits per heavy atom. The number of hydrogen-bond acceptors (Lipinski definition) is 11. The van der Waals surface area contributed by atoms with Gasteiger partial charge < -0.3 is 30.3 Å². The average molecular weight is 595 g/mol. The molecule has 3 N–H and O–H groups in total. The van der Waals surface area contributed by atoms with Crippen molar-refractivity contribution in [2.45, 2.75) is 78.5 Å². The first-order chi connectivity index (χ1) is 18.6. The van der Waals surface area contributed by atoms with Crippen molar-refractivity contribution < 1.29 is 41.9 Å². The summed E-state index contributed by atoms with van der Waals surface area (Å²) in [6, 6.07) is 4.45. The number of fused-ring (bicyclic) bond motifs is 2. The second-order valence-electron chi connectivity index (χ2n) is 11.2. The molecule has 0 radical (unpaired) electrons. The Bertz CT molecular complexity index is 1400. The first-order valence-corrected chi connectivity index (χ1v) is 15.0. The van der Waals surface area contributed by atoms with Gasteiger partial charge in [-0.05, 0) is 33.3 Å². The summed E-state index contributed by atoms with van der Waals surface area (Å²) in [5, 5.41) is 1.07. The van der Waals surface area contributed by atoms with Gasteiger partial charge in [-0.1, -0.05) is 30.3 Å². The van der Waals surface area contributed by atoms with Crippen LogP contribution in [0.25, 0.3) is 0 Å². The van der Waals surface area contributed by atoms with Gasteiger partial charge in [0.1, 0.15) is 34.9 Å². The van der Waals surface area contributed by atoms with Crippen molar-refractivity contribution >= 4 is 51.3 Å². The number of ether oxygens (including phenoxy) is 2. The highest BCUT2D eigenvalue weighted by Crippen LogP contribution is 2.51. The molecule has 1 aromatic rings. The van der Waals surface area contributed by atoms with Crippen LogP contribution in [0.2, 0.25) is 0 Å². The van der Waals surface area contributed by atoms with E-state index in [1.807, 2.05) is 0 Å². The van der Waals surface area contributed by atoms with Gasteiger partial charge in [-0.15, -0.1) is 11.8 Å². The third-order valence-electron chi connectivity index (χ3n) is 8.00. The van der Waals surface area contributed by atoms with E-state index in [-0.39, 0.29) is 6.42 Å². The lowest BCUT2D eigenvalue weighted by atomic mass is 9.95. The molecule has 13 nitrogen and oxygen atoms in total. The van der Waals surface area contributed by atoms with Crippen LogP contribution in [0.5, 0.6) is 0 Å². The molecule has 5 rings (SSSR count). The summed E-state index contributed by atoms with van der Waals surface area (Å²) >= 11 is 1.31. The molecular formula is C25H30N4O9S2. The molecule has 0 aromatic heterocycles. The van der Waals surface area contributed by atoms with Gasteiger partial charge in [0.2, 0.25) is 24.5 Å². The Kier molecular flexibility index (Phi) is 6.70. The summed E-state index contributed by atoms with van der Waals surface area (Å²) in [5.41, 5.74) is 6.64. The number of carbonyl (C=O) groups excluding carboxylic acids is 5. The summed E-state index contributed by atoms with van der Waals surface area (Å²) in [7, 11) is -3.80. The SMILES string of the molecule is CC1(C)S[C@H]2[C@@H](NC(=O)[C@H](N)c3ccccc3)C(=O)N2[C@@H]1C(=O)OCOC(=O)[C@H]1N2C(=O)CC2S(=O)(=O)C1(C)C.